The van der Waals surface area contributed by atoms with Crippen LogP contribution < -0.4 is 10.2 Å². The molecule has 1 aliphatic rings. The molecule has 0 aliphatic carbocycles. The van der Waals surface area contributed by atoms with Gasteiger partial charge in [-0.05, 0) is 25.1 Å². The van der Waals surface area contributed by atoms with Gasteiger partial charge in [-0.2, -0.15) is 5.10 Å². The highest BCUT2D eigenvalue weighted by atomic mass is 16.2. The highest BCUT2D eigenvalue weighted by Crippen LogP contribution is 2.29. The summed E-state index contributed by atoms with van der Waals surface area (Å²) in [7, 11) is 0. The number of fused-ring (bicyclic) bond motifs is 1. The Labute approximate surface area is 116 Å². The predicted octanol–water partition coefficient (Wildman–Crippen LogP) is 1.50. The molecule has 1 aromatic carbocycles. The van der Waals surface area contributed by atoms with E-state index >= 15 is 0 Å². The lowest BCUT2D eigenvalue weighted by Crippen LogP contribution is -2.42. The topological polar surface area (TPSA) is 67.2 Å². The van der Waals surface area contributed by atoms with Gasteiger partial charge in [0.1, 0.15) is 12.2 Å². The van der Waals surface area contributed by atoms with Crippen molar-refractivity contribution < 1.29 is 9.59 Å². The molecule has 20 heavy (non-hydrogen) atoms. The summed E-state index contributed by atoms with van der Waals surface area (Å²) in [6.45, 7) is 2.54. The Morgan fingerprint density at radius 3 is 2.95 bits per heavy atom. The van der Waals surface area contributed by atoms with Crippen molar-refractivity contribution in [3.05, 3.63) is 42.2 Å². The average Bonchev–Trinajstić information content (AvgIpc) is 2.94. The zero-order chi connectivity index (χ0) is 14.1. The smallest absolute Gasteiger partial charge is 0.277 e. The van der Waals surface area contributed by atoms with Crippen molar-refractivity contribution in [2.24, 2.45) is 0 Å². The van der Waals surface area contributed by atoms with Crippen molar-refractivity contribution >= 4 is 23.2 Å². The van der Waals surface area contributed by atoms with Gasteiger partial charge >= 0.3 is 0 Å². The Morgan fingerprint density at radius 1 is 1.35 bits per heavy atom. The Bertz CT molecular complexity index is 677. The number of hydrogen-bond acceptors (Lipinski definition) is 3. The average molecular weight is 270 g/mol. The van der Waals surface area contributed by atoms with Crippen molar-refractivity contribution in [3.63, 3.8) is 0 Å². The maximum atomic E-state index is 12.6. The fourth-order valence-electron chi connectivity index (χ4n) is 2.32. The summed E-state index contributed by atoms with van der Waals surface area (Å²) in [5.41, 5.74) is 1.85. The van der Waals surface area contributed by atoms with Crippen LogP contribution in [-0.2, 0) is 11.3 Å². The van der Waals surface area contributed by atoms with E-state index in [2.05, 4.69) is 10.4 Å². The van der Waals surface area contributed by atoms with Gasteiger partial charge in [0.15, 0.2) is 0 Å². The van der Waals surface area contributed by atoms with Crippen LogP contribution in [0.15, 0.2) is 36.5 Å². The van der Waals surface area contributed by atoms with Gasteiger partial charge in [-0.25, -0.2) is 0 Å². The van der Waals surface area contributed by atoms with Crippen molar-refractivity contribution in [3.8, 4) is 0 Å². The van der Waals surface area contributed by atoms with Gasteiger partial charge in [0, 0.05) is 12.7 Å². The van der Waals surface area contributed by atoms with Crippen LogP contribution in [0.1, 0.15) is 17.4 Å². The molecule has 0 fully saturated rings. The van der Waals surface area contributed by atoms with Gasteiger partial charge in [0.2, 0.25) is 5.91 Å². The summed E-state index contributed by atoms with van der Waals surface area (Å²) in [5, 5.41) is 6.86. The molecular formula is C14H14N4O2. The van der Waals surface area contributed by atoms with Gasteiger partial charge in [-0.3, -0.25) is 19.2 Å². The normalized spacial score (nSPS) is 13.8. The number of hydrogen-bond donors (Lipinski definition) is 1. The standard InChI is InChI=1S/C14H14N4O2/c1-2-18-12(7-8-15-18)14(20)17-9-13(19)16-10-5-3-4-6-11(10)17/h3-8H,2,9H2,1H3,(H,16,19). The minimum absolute atomic E-state index is 0.0186. The molecular weight excluding hydrogens is 256 g/mol. The molecule has 2 aromatic rings. The number of carbonyl (C=O) groups excluding carboxylic acids is 2. The van der Waals surface area contributed by atoms with Crippen LogP contribution in [0.25, 0.3) is 0 Å². The second-order valence-corrected chi connectivity index (χ2v) is 4.49. The lowest BCUT2D eigenvalue weighted by Gasteiger charge is -2.29. The van der Waals surface area contributed by atoms with E-state index in [1.165, 1.54) is 4.90 Å². The first kappa shape index (κ1) is 12.4. The van der Waals surface area contributed by atoms with E-state index in [1.54, 1.807) is 23.0 Å². The number of nitrogens with zero attached hydrogens (tertiary/aromatic N) is 3. The number of para-hydroxylation sites is 2. The minimum atomic E-state index is -0.216. The number of carbonyl (C=O) groups is 2. The van der Waals surface area contributed by atoms with Crippen LogP contribution in [0.5, 0.6) is 0 Å². The second-order valence-electron chi connectivity index (χ2n) is 4.49. The van der Waals surface area contributed by atoms with Crippen LogP contribution >= 0.6 is 0 Å². The lowest BCUT2D eigenvalue weighted by atomic mass is 10.2. The van der Waals surface area contributed by atoms with E-state index < -0.39 is 0 Å². The third-order valence-corrected chi connectivity index (χ3v) is 3.25. The number of amides is 2. The molecule has 1 aliphatic heterocycles. The van der Waals surface area contributed by atoms with E-state index in [4.69, 9.17) is 0 Å². The van der Waals surface area contributed by atoms with Crippen LogP contribution in [-0.4, -0.2) is 28.1 Å². The first-order valence-electron chi connectivity index (χ1n) is 6.43. The fourth-order valence-corrected chi connectivity index (χ4v) is 2.32. The lowest BCUT2D eigenvalue weighted by molar-refractivity contribution is -0.115. The Morgan fingerprint density at radius 2 is 2.15 bits per heavy atom. The molecule has 3 rings (SSSR count). The molecule has 0 atom stereocenters. The fraction of sp³-hybridized carbons (Fsp3) is 0.214. The van der Waals surface area contributed by atoms with Crippen molar-refractivity contribution in [2.75, 3.05) is 16.8 Å². The van der Waals surface area contributed by atoms with Crippen LogP contribution in [0.3, 0.4) is 0 Å². The zero-order valence-electron chi connectivity index (χ0n) is 11.0. The van der Waals surface area contributed by atoms with Gasteiger partial charge in [-0.1, -0.05) is 12.1 Å². The van der Waals surface area contributed by atoms with E-state index in [0.29, 0.717) is 23.6 Å². The molecule has 6 heteroatoms. The number of aromatic nitrogens is 2. The van der Waals surface area contributed by atoms with Crippen molar-refractivity contribution in [1.82, 2.24) is 9.78 Å². The number of aryl methyl sites for hydroxylation is 1. The largest absolute Gasteiger partial charge is 0.323 e. The van der Waals surface area contributed by atoms with E-state index in [0.717, 1.165) is 0 Å². The van der Waals surface area contributed by atoms with Crippen LogP contribution in [0, 0.1) is 0 Å². The highest BCUT2D eigenvalue weighted by molar-refractivity contribution is 6.14. The summed E-state index contributed by atoms with van der Waals surface area (Å²) >= 11 is 0. The second kappa shape index (κ2) is 4.80. The molecule has 1 aromatic heterocycles. The Balaban J connectivity index is 2.02. The van der Waals surface area contributed by atoms with E-state index in [1.807, 2.05) is 25.1 Å². The summed E-state index contributed by atoms with van der Waals surface area (Å²) in [4.78, 5) is 25.9. The molecule has 1 N–H and O–H groups in total. The Hall–Kier alpha value is -2.63. The molecule has 2 amide bonds. The van der Waals surface area contributed by atoms with Gasteiger partial charge < -0.3 is 5.32 Å². The summed E-state index contributed by atoms with van der Waals surface area (Å²) < 4.78 is 1.62. The molecule has 0 radical (unpaired) electrons. The molecule has 0 bridgehead atoms. The predicted molar refractivity (Wildman–Crippen MR) is 74.6 cm³/mol. The summed E-state index contributed by atoms with van der Waals surface area (Å²) in [5.74, 6) is -0.411. The summed E-state index contributed by atoms with van der Waals surface area (Å²) in [6.07, 6.45) is 1.59. The molecule has 0 spiro atoms. The van der Waals surface area contributed by atoms with Gasteiger partial charge in [-0.15, -0.1) is 0 Å². The molecule has 0 saturated heterocycles. The number of nitrogens with one attached hydrogen (secondary N) is 1. The van der Waals surface area contributed by atoms with Crippen molar-refractivity contribution in [1.29, 1.82) is 0 Å². The summed E-state index contributed by atoms with van der Waals surface area (Å²) in [6, 6.07) is 8.93. The number of anilines is 2. The van der Waals surface area contributed by atoms with Gasteiger partial charge in [0.05, 0.1) is 11.4 Å². The number of benzene rings is 1. The SMILES string of the molecule is CCn1nccc1C(=O)N1CC(=O)Nc2ccccc21. The minimum Gasteiger partial charge on any atom is -0.323 e. The molecule has 6 nitrogen and oxygen atoms in total. The molecule has 102 valence electrons. The third kappa shape index (κ3) is 1.95. The first-order valence-corrected chi connectivity index (χ1v) is 6.43. The maximum absolute atomic E-state index is 12.6. The zero-order valence-corrected chi connectivity index (χ0v) is 11.0. The van der Waals surface area contributed by atoms with Crippen molar-refractivity contribution in [2.45, 2.75) is 13.5 Å². The van der Waals surface area contributed by atoms with Gasteiger partial charge in [0.25, 0.3) is 5.91 Å². The molecule has 2 heterocycles. The monoisotopic (exact) mass is 270 g/mol. The van der Waals surface area contributed by atoms with E-state index in [-0.39, 0.29) is 18.4 Å². The van der Waals surface area contributed by atoms with Crippen LogP contribution in [0.2, 0.25) is 0 Å². The molecule has 0 saturated carbocycles. The first-order chi connectivity index (χ1) is 9.70. The highest BCUT2D eigenvalue weighted by Gasteiger charge is 2.28. The quantitative estimate of drug-likeness (QED) is 0.899. The third-order valence-electron chi connectivity index (χ3n) is 3.25. The van der Waals surface area contributed by atoms with E-state index in [9.17, 15) is 9.59 Å². The molecule has 0 unspecified atom stereocenters. The maximum Gasteiger partial charge on any atom is 0.277 e. The Kier molecular flexibility index (Phi) is 2.98. The van der Waals surface area contributed by atoms with Crippen LogP contribution in [0.4, 0.5) is 11.4 Å². The number of rotatable bonds is 2.